The van der Waals surface area contributed by atoms with Crippen LogP contribution in [0.3, 0.4) is 0 Å². The van der Waals surface area contributed by atoms with Crippen molar-refractivity contribution < 1.29 is 0 Å². The molecule has 0 atom stereocenters. The average molecular weight is 347 g/mol. The molecule has 0 aliphatic heterocycles. The fraction of sp³-hybridized carbons (Fsp3) is 0.0625. The zero-order valence-corrected chi connectivity index (χ0v) is 13.6. The molecule has 23 heavy (non-hydrogen) atoms. The Labute approximate surface area is 142 Å². The smallest absolute Gasteiger partial charge is 0.293 e. The lowest BCUT2D eigenvalue weighted by molar-refractivity contribution is 0.835. The fourth-order valence-corrected chi connectivity index (χ4v) is 2.36. The normalized spacial score (nSPS) is 11.3. The molecule has 5 nitrogen and oxygen atoms in total. The van der Waals surface area contributed by atoms with Gasteiger partial charge in [-0.25, -0.2) is 4.68 Å². The average Bonchev–Trinajstić information content (AvgIpc) is 2.84. The molecule has 0 radical (unpaired) electrons. The number of benzene rings is 2. The van der Waals surface area contributed by atoms with Gasteiger partial charge >= 0.3 is 0 Å². The van der Waals surface area contributed by atoms with Gasteiger partial charge in [0, 0.05) is 0 Å². The van der Waals surface area contributed by atoms with Crippen molar-refractivity contribution in [1.82, 2.24) is 9.78 Å². The third kappa shape index (κ3) is 3.21. The first-order valence-electron chi connectivity index (χ1n) is 6.80. The van der Waals surface area contributed by atoms with E-state index < -0.39 is 0 Å². The van der Waals surface area contributed by atoms with Crippen LogP contribution in [0.15, 0.2) is 63.6 Å². The molecular formula is C16H12Cl2N4O. The second kappa shape index (κ2) is 6.40. The number of nitrogens with zero attached hydrogens (tertiary/aromatic N) is 3. The fourth-order valence-electron chi connectivity index (χ4n) is 2.07. The van der Waals surface area contributed by atoms with Gasteiger partial charge in [0.25, 0.3) is 5.56 Å². The van der Waals surface area contributed by atoms with Crippen molar-refractivity contribution in [2.75, 3.05) is 0 Å². The van der Waals surface area contributed by atoms with Gasteiger partial charge in [-0.15, -0.1) is 5.11 Å². The van der Waals surface area contributed by atoms with E-state index in [1.54, 1.807) is 25.1 Å². The molecule has 1 heterocycles. The number of rotatable bonds is 3. The SMILES string of the molecule is Cc1[nH]n(-c2ccccc2)c(=O)c1N=Nc1ccc(Cl)c(Cl)c1. The predicted molar refractivity (Wildman–Crippen MR) is 91.8 cm³/mol. The second-order valence-electron chi connectivity index (χ2n) is 4.86. The Morgan fingerprint density at radius 1 is 1.00 bits per heavy atom. The first-order chi connectivity index (χ1) is 11.1. The standard InChI is InChI=1S/C16H12Cl2N4O/c1-10-15(20-19-11-7-8-13(17)14(18)9-11)16(23)22(21-10)12-5-3-2-4-6-12/h2-9,21H,1H3. The molecular weight excluding hydrogens is 335 g/mol. The quantitative estimate of drug-likeness (QED) is 0.651. The van der Waals surface area contributed by atoms with E-state index in [1.807, 2.05) is 30.3 Å². The molecule has 1 aromatic heterocycles. The Morgan fingerprint density at radius 2 is 1.74 bits per heavy atom. The number of aromatic amines is 1. The molecule has 0 aliphatic carbocycles. The summed E-state index contributed by atoms with van der Waals surface area (Å²) in [6, 6.07) is 14.2. The molecule has 0 unspecified atom stereocenters. The van der Waals surface area contributed by atoms with Crippen LogP contribution < -0.4 is 5.56 Å². The van der Waals surface area contributed by atoms with Gasteiger partial charge in [0.1, 0.15) is 0 Å². The number of para-hydroxylation sites is 1. The summed E-state index contributed by atoms with van der Waals surface area (Å²) in [5.41, 5.74) is 1.86. The summed E-state index contributed by atoms with van der Waals surface area (Å²) >= 11 is 11.8. The summed E-state index contributed by atoms with van der Waals surface area (Å²) in [5, 5.41) is 11.9. The largest absolute Gasteiger partial charge is 0.299 e. The van der Waals surface area contributed by atoms with Crippen LogP contribution in [0.1, 0.15) is 5.69 Å². The Bertz CT molecular complexity index is 929. The first-order valence-corrected chi connectivity index (χ1v) is 7.55. The zero-order chi connectivity index (χ0) is 16.4. The van der Waals surface area contributed by atoms with Gasteiger partial charge in [-0.2, -0.15) is 5.11 Å². The van der Waals surface area contributed by atoms with Crippen molar-refractivity contribution in [3.8, 4) is 5.69 Å². The monoisotopic (exact) mass is 346 g/mol. The maximum Gasteiger partial charge on any atom is 0.299 e. The topological polar surface area (TPSA) is 62.5 Å². The molecule has 0 saturated carbocycles. The first kappa shape index (κ1) is 15.5. The van der Waals surface area contributed by atoms with Crippen LogP contribution in [-0.4, -0.2) is 9.78 Å². The minimum absolute atomic E-state index is 0.250. The third-order valence-electron chi connectivity index (χ3n) is 3.22. The number of aryl methyl sites for hydroxylation is 1. The van der Waals surface area contributed by atoms with Crippen molar-refractivity contribution in [2.45, 2.75) is 6.92 Å². The van der Waals surface area contributed by atoms with Crippen molar-refractivity contribution in [2.24, 2.45) is 10.2 Å². The van der Waals surface area contributed by atoms with E-state index in [0.717, 1.165) is 5.69 Å². The van der Waals surface area contributed by atoms with Crippen LogP contribution in [0.5, 0.6) is 0 Å². The van der Waals surface area contributed by atoms with Gasteiger partial charge in [-0.05, 0) is 37.3 Å². The van der Waals surface area contributed by atoms with Gasteiger partial charge in [-0.1, -0.05) is 41.4 Å². The summed E-state index contributed by atoms with van der Waals surface area (Å²) in [4.78, 5) is 12.5. The predicted octanol–water partition coefficient (Wildman–Crippen LogP) is 5.20. The zero-order valence-electron chi connectivity index (χ0n) is 12.1. The summed E-state index contributed by atoms with van der Waals surface area (Å²) < 4.78 is 1.43. The summed E-state index contributed by atoms with van der Waals surface area (Å²) in [6.07, 6.45) is 0. The van der Waals surface area contributed by atoms with E-state index in [1.165, 1.54) is 4.68 Å². The molecule has 2 aromatic carbocycles. The van der Waals surface area contributed by atoms with E-state index in [0.29, 0.717) is 21.4 Å². The van der Waals surface area contributed by atoms with E-state index in [9.17, 15) is 4.79 Å². The molecule has 7 heteroatoms. The van der Waals surface area contributed by atoms with Crippen LogP contribution in [0.25, 0.3) is 5.69 Å². The molecule has 3 rings (SSSR count). The number of nitrogens with one attached hydrogen (secondary N) is 1. The van der Waals surface area contributed by atoms with Crippen LogP contribution >= 0.6 is 23.2 Å². The highest BCUT2D eigenvalue weighted by molar-refractivity contribution is 6.42. The Morgan fingerprint density at radius 3 is 2.43 bits per heavy atom. The molecule has 1 N–H and O–H groups in total. The van der Waals surface area contributed by atoms with Crippen LogP contribution in [0.2, 0.25) is 10.0 Å². The highest BCUT2D eigenvalue weighted by atomic mass is 35.5. The number of aromatic nitrogens is 2. The Hall–Kier alpha value is -2.37. The van der Waals surface area contributed by atoms with Crippen LogP contribution in [0.4, 0.5) is 11.4 Å². The van der Waals surface area contributed by atoms with Crippen LogP contribution in [0, 0.1) is 6.92 Å². The lowest BCUT2D eigenvalue weighted by Gasteiger charge is -1.99. The van der Waals surface area contributed by atoms with Gasteiger partial charge < -0.3 is 0 Å². The molecule has 0 saturated heterocycles. The van der Waals surface area contributed by atoms with E-state index in [2.05, 4.69) is 15.3 Å². The molecule has 0 spiro atoms. The molecule has 0 bridgehead atoms. The Balaban J connectivity index is 1.98. The summed E-state index contributed by atoms with van der Waals surface area (Å²) in [7, 11) is 0. The van der Waals surface area contributed by atoms with E-state index >= 15 is 0 Å². The van der Waals surface area contributed by atoms with Gasteiger partial charge in [-0.3, -0.25) is 9.89 Å². The van der Waals surface area contributed by atoms with Gasteiger partial charge in [0.15, 0.2) is 5.69 Å². The van der Waals surface area contributed by atoms with Crippen LogP contribution in [-0.2, 0) is 0 Å². The number of azo groups is 1. The maximum atomic E-state index is 12.5. The Kier molecular flexibility index (Phi) is 4.32. The minimum atomic E-state index is -0.266. The lowest BCUT2D eigenvalue weighted by Crippen LogP contribution is -2.13. The summed E-state index contributed by atoms with van der Waals surface area (Å²) in [6.45, 7) is 1.77. The highest BCUT2D eigenvalue weighted by Gasteiger charge is 2.11. The number of H-pyrrole nitrogens is 1. The van der Waals surface area contributed by atoms with E-state index in [4.69, 9.17) is 23.2 Å². The molecule has 0 fully saturated rings. The number of hydrogen-bond donors (Lipinski definition) is 1. The van der Waals surface area contributed by atoms with Crippen molar-refractivity contribution >= 4 is 34.6 Å². The summed E-state index contributed by atoms with van der Waals surface area (Å²) in [5.74, 6) is 0. The highest BCUT2D eigenvalue weighted by Crippen LogP contribution is 2.27. The van der Waals surface area contributed by atoms with Crippen molar-refractivity contribution in [3.05, 3.63) is 74.6 Å². The van der Waals surface area contributed by atoms with Gasteiger partial charge in [0.2, 0.25) is 0 Å². The molecule has 0 aliphatic rings. The molecule has 0 amide bonds. The molecule has 3 aromatic rings. The van der Waals surface area contributed by atoms with Gasteiger partial charge in [0.05, 0.1) is 27.1 Å². The lowest BCUT2D eigenvalue weighted by atomic mass is 10.3. The minimum Gasteiger partial charge on any atom is -0.293 e. The third-order valence-corrected chi connectivity index (χ3v) is 3.96. The van der Waals surface area contributed by atoms with Crippen molar-refractivity contribution in [3.63, 3.8) is 0 Å². The number of halogens is 2. The van der Waals surface area contributed by atoms with E-state index in [-0.39, 0.29) is 11.2 Å². The number of hydrogen-bond acceptors (Lipinski definition) is 3. The second-order valence-corrected chi connectivity index (χ2v) is 5.67. The van der Waals surface area contributed by atoms with Crippen molar-refractivity contribution in [1.29, 1.82) is 0 Å². The molecule has 116 valence electrons. The maximum absolute atomic E-state index is 12.5.